The summed E-state index contributed by atoms with van der Waals surface area (Å²) < 4.78 is 21.7. The number of fused-ring (bicyclic) bond motifs is 1. The molecule has 2 aliphatic heterocycles. The van der Waals surface area contributed by atoms with Crippen molar-refractivity contribution in [3.63, 3.8) is 0 Å². The van der Waals surface area contributed by atoms with Crippen LogP contribution in [0.4, 0.5) is 20.6 Å². The highest BCUT2D eigenvalue weighted by Gasteiger charge is 2.33. The van der Waals surface area contributed by atoms with E-state index in [1.165, 1.54) is 24.8 Å². The number of anilines is 2. The van der Waals surface area contributed by atoms with Crippen molar-refractivity contribution in [2.45, 2.75) is 39.6 Å². The summed E-state index contributed by atoms with van der Waals surface area (Å²) in [6.45, 7) is 4.51. The third-order valence-electron chi connectivity index (χ3n) is 5.05. The molecule has 2 amide bonds. The van der Waals surface area contributed by atoms with Crippen molar-refractivity contribution < 1.29 is 23.5 Å². The fourth-order valence-electron chi connectivity index (χ4n) is 3.71. The number of nitrogens with one attached hydrogen (secondary N) is 1. The Balaban J connectivity index is 1.44. The van der Waals surface area contributed by atoms with Crippen molar-refractivity contribution in [2.24, 2.45) is 0 Å². The number of ether oxygens (including phenoxy) is 1. The number of ketones is 1. The zero-order valence-corrected chi connectivity index (χ0v) is 16.7. The van der Waals surface area contributed by atoms with Gasteiger partial charge in [0.15, 0.2) is 5.78 Å². The Morgan fingerprint density at radius 1 is 1.30 bits per heavy atom. The topological polar surface area (TPSA) is 96.8 Å². The number of benzene rings is 1. The van der Waals surface area contributed by atoms with Crippen LogP contribution in [0.1, 0.15) is 25.1 Å². The largest absolute Gasteiger partial charge is 0.442 e. The molecule has 0 bridgehead atoms. The SMILES string of the molecule is CC(=O)Cn1cc2c(n1)CN(c1ccc(N3C[C@H](CNC(C)=O)OC3=O)cc1F)C2. The molecule has 9 nitrogen and oxygen atoms in total. The summed E-state index contributed by atoms with van der Waals surface area (Å²) in [5, 5.41) is 7.01. The molecule has 1 aromatic carbocycles. The molecule has 1 aromatic heterocycles. The summed E-state index contributed by atoms with van der Waals surface area (Å²) in [5.41, 5.74) is 2.60. The van der Waals surface area contributed by atoms with Crippen LogP contribution in [0.5, 0.6) is 0 Å². The number of Topliss-reactive ketones (excluding diaryl/α,β-unsaturated/α-hetero) is 1. The summed E-state index contributed by atoms with van der Waals surface area (Å²) >= 11 is 0. The average Bonchev–Trinajstić information content (AvgIpc) is 3.32. The zero-order chi connectivity index (χ0) is 21.4. The molecule has 1 atom stereocenters. The lowest BCUT2D eigenvalue weighted by molar-refractivity contribution is -0.119. The number of hydrogen-bond acceptors (Lipinski definition) is 6. The fourth-order valence-corrected chi connectivity index (χ4v) is 3.71. The van der Waals surface area contributed by atoms with Gasteiger partial charge in [0.05, 0.1) is 43.2 Å². The molecule has 1 saturated heterocycles. The number of rotatable bonds is 6. The van der Waals surface area contributed by atoms with Gasteiger partial charge in [0.2, 0.25) is 5.91 Å². The lowest BCUT2D eigenvalue weighted by Crippen LogP contribution is -2.33. The molecule has 4 rings (SSSR count). The Labute approximate surface area is 172 Å². The second-order valence-corrected chi connectivity index (χ2v) is 7.55. The van der Waals surface area contributed by atoms with E-state index in [2.05, 4.69) is 10.4 Å². The molecule has 2 aliphatic rings. The Bertz CT molecular complexity index is 997. The van der Waals surface area contributed by atoms with E-state index in [-0.39, 0.29) is 31.3 Å². The highest BCUT2D eigenvalue weighted by molar-refractivity contribution is 5.90. The number of aromatic nitrogens is 2. The number of cyclic esters (lactones) is 1. The van der Waals surface area contributed by atoms with E-state index in [0.717, 1.165) is 11.3 Å². The van der Waals surface area contributed by atoms with Crippen molar-refractivity contribution >= 4 is 29.2 Å². The molecule has 0 unspecified atom stereocenters. The second kappa shape index (κ2) is 7.77. The predicted molar refractivity (Wildman–Crippen MR) is 105 cm³/mol. The molecular formula is C20H22FN5O4. The van der Waals surface area contributed by atoms with E-state index in [1.807, 2.05) is 11.1 Å². The van der Waals surface area contributed by atoms with Crippen LogP contribution in [0, 0.1) is 5.82 Å². The number of carbonyl (C=O) groups excluding carboxylic acids is 3. The number of nitrogens with zero attached hydrogens (tertiary/aromatic N) is 4. The molecule has 1 fully saturated rings. The van der Waals surface area contributed by atoms with Crippen LogP contribution in [-0.2, 0) is 34.0 Å². The van der Waals surface area contributed by atoms with Gasteiger partial charge >= 0.3 is 6.09 Å². The van der Waals surface area contributed by atoms with Gasteiger partial charge in [-0.3, -0.25) is 19.2 Å². The molecule has 10 heteroatoms. The first-order valence-corrected chi connectivity index (χ1v) is 9.62. The first-order valence-electron chi connectivity index (χ1n) is 9.62. The summed E-state index contributed by atoms with van der Waals surface area (Å²) in [4.78, 5) is 37.6. The molecule has 2 aromatic rings. The van der Waals surface area contributed by atoms with Crippen LogP contribution in [0.25, 0.3) is 0 Å². The summed E-state index contributed by atoms with van der Waals surface area (Å²) in [6, 6.07) is 4.62. The Morgan fingerprint density at radius 2 is 2.10 bits per heavy atom. The van der Waals surface area contributed by atoms with E-state index >= 15 is 0 Å². The molecule has 0 spiro atoms. The zero-order valence-electron chi connectivity index (χ0n) is 16.7. The number of carbonyl (C=O) groups is 3. The number of hydrogen-bond donors (Lipinski definition) is 1. The van der Waals surface area contributed by atoms with Gasteiger partial charge in [-0.05, 0) is 25.1 Å². The van der Waals surface area contributed by atoms with Crippen LogP contribution in [0.3, 0.4) is 0 Å². The number of halogens is 1. The maximum absolute atomic E-state index is 14.9. The normalized spacial score (nSPS) is 17.8. The first kappa shape index (κ1) is 19.9. The lowest BCUT2D eigenvalue weighted by atomic mass is 10.2. The van der Waals surface area contributed by atoms with E-state index in [1.54, 1.807) is 16.8 Å². The van der Waals surface area contributed by atoms with Gasteiger partial charge in [0, 0.05) is 25.2 Å². The number of amides is 2. The second-order valence-electron chi connectivity index (χ2n) is 7.55. The maximum Gasteiger partial charge on any atom is 0.414 e. The van der Waals surface area contributed by atoms with Crippen molar-refractivity contribution in [3.05, 3.63) is 41.5 Å². The molecular weight excluding hydrogens is 393 g/mol. The maximum atomic E-state index is 14.9. The smallest absolute Gasteiger partial charge is 0.414 e. The van der Waals surface area contributed by atoms with Crippen molar-refractivity contribution in [2.75, 3.05) is 22.9 Å². The minimum atomic E-state index is -0.571. The first-order chi connectivity index (χ1) is 14.3. The van der Waals surface area contributed by atoms with E-state index < -0.39 is 18.0 Å². The summed E-state index contributed by atoms with van der Waals surface area (Å²) in [7, 11) is 0. The molecule has 30 heavy (non-hydrogen) atoms. The standard InChI is InChI=1S/C20H22FN5O4/c1-12(27)7-25-9-14-8-24(11-18(14)23-25)19-4-3-15(5-17(19)21)26-10-16(30-20(26)29)6-22-13(2)28/h3-5,9,16H,6-8,10-11H2,1-2H3,(H,22,28)/t16-/m0/s1. The predicted octanol–water partition coefficient (Wildman–Crippen LogP) is 1.59. The molecule has 0 saturated carbocycles. The van der Waals surface area contributed by atoms with Gasteiger partial charge in [0.25, 0.3) is 0 Å². The van der Waals surface area contributed by atoms with Gasteiger partial charge < -0.3 is 15.0 Å². The Kier molecular flexibility index (Phi) is 5.15. The Morgan fingerprint density at radius 3 is 2.77 bits per heavy atom. The van der Waals surface area contributed by atoms with Crippen LogP contribution in [0.15, 0.2) is 24.4 Å². The van der Waals surface area contributed by atoms with Crippen LogP contribution in [-0.4, -0.2) is 46.8 Å². The van der Waals surface area contributed by atoms with Crippen molar-refractivity contribution in [1.82, 2.24) is 15.1 Å². The Hall–Kier alpha value is -3.43. The summed E-state index contributed by atoms with van der Waals surface area (Å²) in [6.07, 6.45) is 0.765. The average molecular weight is 415 g/mol. The van der Waals surface area contributed by atoms with E-state index in [9.17, 15) is 18.8 Å². The van der Waals surface area contributed by atoms with E-state index in [4.69, 9.17) is 4.74 Å². The van der Waals surface area contributed by atoms with Crippen LogP contribution < -0.4 is 15.1 Å². The van der Waals surface area contributed by atoms with Crippen molar-refractivity contribution in [1.29, 1.82) is 0 Å². The van der Waals surface area contributed by atoms with Gasteiger partial charge in [-0.1, -0.05) is 0 Å². The van der Waals surface area contributed by atoms with Gasteiger partial charge in [-0.15, -0.1) is 0 Å². The minimum absolute atomic E-state index is 0.0226. The highest BCUT2D eigenvalue weighted by atomic mass is 19.1. The van der Waals surface area contributed by atoms with Gasteiger partial charge in [-0.25, -0.2) is 9.18 Å². The molecule has 3 heterocycles. The van der Waals surface area contributed by atoms with Crippen LogP contribution in [0.2, 0.25) is 0 Å². The molecule has 1 N–H and O–H groups in total. The minimum Gasteiger partial charge on any atom is -0.442 e. The fraction of sp³-hybridized carbons (Fsp3) is 0.400. The third kappa shape index (κ3) is 3.98. The van der Waals surface area contributed by atoms with Crippen LogP contribution >= 0.6 is 0 Å². The molecule has 0 radical (unpaired) electrons. The highest BCUT2D eigenvalue weighted by Crippen LogP contribution is 2.32. The van der Waals surface area contributed by atoms with Crippen molar-refractivity contribution in [3.8, 4) is 0 Å². The lowest BCUT2D eigenvalue weighted by Gasteiger charge is -2.21. The quantitative estimate of drug-likeness (QED) is 0.770. The molecule has 158 valence electrons. The molecule has 0 aliphatic carbocycles. The van der Waals surface area contributed by atoms with E-state index in [0.29, 0.717) is 24.5 Å². The third-order valence-corrected chi connectivity index (χ3v) is 5.05. The van der Waals surface area contributed by atoms with Gasteiger partial charge in [-0.2, -0.15) is 5.10 Å². The summed E-state index contributed by atoms with van der Waals surface area (Å²) in [5.74, 6) is -0.638. The van der Waals surface area contributed by atoms with Gasteiger partial charge in [0.1, 0.15) is 11.9 Å². The monoisotopic (exact) mass is 415 g/mol.